The average molecular weight is 301 g/mol. The lowest BCUT2D eigenvalue weighted by Gasteiger charge is -2.23. The second-order valence-corrected chi connectivity index (χ2v) is 5.12. The second kappa shape index (κ2) is 9.98. The van der Waals surface area contributed by atoms with E-state index in [1.807, 2.05) is 13.8 Å². The lowest BCUT2D eigenvalue weighted by atomic mass is 10.0. The standard InChI is InChI=1S/C13H27N5O3/c1-8(2)10(15-3)12(20)18-9(11(19)16-4)6-5-7-17-13(14)21/h8-10,15H,5-7H2,1-4H3,(H,16,19)(H,18,20)(H3,14,17,21)/t9?,10-/m0/s1. The van der Waals surface area contributed by atoms with Gasteiger partial charge in [-0.1, -0.05) is 13.8 Å². The summed E-state index contributed by atoms with van der Waals surface area (Å²) in [4.78, 5) is 34.5. The minimum atomic E-state index is -0.633. The Morgan fingerprint density at radius 3 is 2.14 bits per heavy atom. The predicted octanol–water partition coefficient (Wildman–Crippen LogP) is -1.09. The Balaban J connectivity index is 4.51. The maximum atomic E-state index is 12.1. The third kappa shape index (κ3) is 7.50. The molecule has 0 heterocycles. The van der Waals surface area contributed by atoms with Crippen LogP contribution in [0.15, 0.2) is 0 Å². The van der Waals surface area contributed by atoms with Gasteiger partial charge in [-0.3, -0.25) is 9.59 Å². The molecule has 2 atom stereocenters. The van der Waals surface area contributed by atoms with Crippen LogP contribution in [0.3, 0.4) is 0 Å². The first kappa shape index (κ1) is 19.2. The van der Waals surface area contributed by atoms with Gasteiger partial charge in [-0.25, -0.2) is 4.79 Å². The third-order valence-electron chi connectivity index (χ3n) is 3.11. The first-order valence-corrected chi connectivity index (χ1v) is 7.06. The summed E-state index contributed by atoms with van der Waals surface area (Å²) in [5, 5.41) is 10.6. The molecule has 21 heavy (non-hydrogen) atoms. The number of likely N-dealkylation sites (N-methyl/N-ethyl adjacent to an activating group) is 2. The Hall–Kier alpha value is -1.83. The van der Waals surface area contributed by atoms with Gasteiger partial charge in [0, 0.05) is 13.6 Å². The van der Waals surface area contributed by atoms with Crippen LogP contribution in [-0.2, 0) is 9.59 Å². The lowest BCUT2D eigenvalue weighted by Crippen LogP contribution is -2.53. The number of rotatable bonds is 9. The second-order valence-electron chi connectivity index (χ2n) is 5.12. The van der Waals surface area contributed by atoms with Crippen molar-refractivity contribution in [3.8, 4) is 0 Å². The highest BCUT2D eigenvalue weighted by atomic mass is 16.2. The van der Waals surface area contributed by atoms with Crippen molar-refractivity contribution in [2.45, 2.75) is 38.8 Å². The lowest BCUT2D eigenvalue weighted by molar-refractivity contribution is -0.130. The monoisotopic (exact) mass is 301 g/mol. The van der Waals surface area contributed by atoms with E-state index in [2.05, 4.69) is 21.3 Å². The molecule has 0 aromatic heterocycles. The van der Waals surface area contributed by atoms with Crippen LogP contribution < -0.4 is 27.0 Å². The van der Waals surface area contributed by atoms with Crippen LogP contribution in [0.25, 0.3) is 0 Å². The number of hydrogen-bond donors (Lipinski definition) is 5. The van der Waals surface area contributed by atoms with Crippen molar-refractivity contribution in [3.05, 3.63) is 0 Å². The van der Waals surface area contributed by atoms with E-state index in [9.17, 15) is 14.4 Å². The van der Waals surface area contributed by atoms with E-state index in [1.54, 1.807) is 7.05 Å². The molecule has 0 aliphatic rings. The van der Waals surface area contributed by atoms with Crippen LogP contribution in [0.4, 0.5) is 4.79 Å². The summed E-state index contributed by atoms with van der Waals surface area (Å²) in [6.45, 7) is 4.21. The van der Waals surface area contributed by atoms with Gasteiger partial charge < -0.3 is 27.0 Å². The van der Waals surface area contributed by atoms with Gasteiger partial charge in [0.15, 0.2) is 0 Å². The molecule has 0 saturated carbocycles. The quantitative estimate of drug-likeness (QED) is 0.347. The molecule has 0 aromatic carbocycles. The summed E-state index contributed by atoms with van der Waals surface area (Å²) in [5.41, 5.74) is 4.96. The molecule has 1 unspecified atom stereocenters. The fourth-order valence-corrected chi connectivity index (χ4v) is 1.99. The molecule has 0 aliphatic heterocycles. The number of carbonyl (C=O) groups excluding carboxylic acids is 3. The Morgan fingerprint density at radius 2 is 1.71 bits per heavy atom. The molecule has 0 rings (SSSR count). The summed E-state index contributed by atoms with van der Waals surface area (Å²) in [7, 11) is 3.22. The summed E-state index contributed by atoms with van der Waals surface area (Å²) >= 11 is 0. The zero-order chi connectivity index (χ0) is 16.4. The zero-order valence-electron chi connectivity index (χ0n) is 13.2. The number of nitrogens with two attached hydrogens (primary N) is 1. The summed E-state index contributed by atoms with van der Waals surface area (Å²) in [6.07, 6.45) is 0.952. The molecule has 0 spiro atoms. The minimum absolute atomic E-state index is 0.108. The topological polar surface area (TPSA) is 125 Å². The van der Waals surface area contributed by atoms with E-state index < -0.39 is 12.1 Å². The Bertz CT molecular complexity index is 360. The fraction of sp³-hybridized carbons (Fsp3) is 0.769. The molecule has 0 radical (unpaired) electrons. The molecular weight excluding hydrogens is 274 g/mol. The largest absolute Gasteiger partial charge is 0.357 e. The molecular formula is C13H27N5O3. The maximum Gasteiger partial charge on any atom is 0.312 e. The first-order valence-electron chi connectivity index (χ1n) is 7.06. The molecule has 8 nitrogen and oxygen atoms in total. The molecule has 4 amide bonds. The molecule has 0 aromatic rings. The number of primary amides is 1. The highest BCUT2D eigenvalue weighted by Crippen LogP contribution is 2.04. The molecule has 122 valence electrons. The number of urea groups is 1. The Morgan fingerprint density at radius 1 is 1.10 bits per heavy atom. The van der Waals surface area contributed by atoms with Crippen molar-refractivity contribution in [1.29, 1.82) is 0 Å². The molecule has 0 saturated heterocycles. The number of nitrogens with one attached hydrogen (secondary N) is 4. The van der Waals surface area contributed by atoms with Gasteiger partial charge in [-0.2, -0.15) is 0 Å². The fourth-order valence-electron chi connectivity index (χ4n) is 1.99. The summed E-state index contributed by atoms with van der Waals surface area (Å²) in [6, 6.07) is -1.60. The van der Waals surface area contributed by atoms with Gasteiger partial charge in [0.2, 0.25) is 11.8 Å². The van der Waals surface area contributed by atoms with Crippen LogP contribution in [0.5, 0.6) is 0 Å². The van der Waals surface area contributed by atoms with Crippen LogP contribution in [0, 0.1) is 5.92 Å². The maximum absolute atomic E-state index is 12.1. The van der Waals surface area contributed by atoms with Crippen molar-refractivity contribution in [1.82, 2.24) is 21.3 Å². The molecule has 6 N–H and O–H groups in total. The van der Waals surface area contributed by atoms with Crippen molar-refractivity contribution in [2.24, 2.45) is 11.7 Å². The molecule has 0 bridgehead atoms. The van der Waals surface area contributed by atoms with Crippen molar-refractivity contribution in [2.75, 3.05) is 20.6 Å². The average Bonchev–Trinajstić information content (AvgIpc) is 2.41. The minimum Gasteiger partial charge on any atom is -0.357 e. The zero-order valence-corrected chi connectivity index (χ0v) is 13.2. The highest BCUT2D eigenvalue weighted by Gasteiger charge is 2.25. The highest BCUT2D eigenvalue weighted by molar-refractivity contribution is 5.89. The molecule has 0 fully saturated rings. The molecule has 0 aliphatic carbocycles. The van der Waals surface area contributed by atoms with E-state index in [0.717, 1.165) is 0 Å². The van der Waals surface area contributed by atoms with Crippen LogP contribution in [-0.4, -0.2) is 50.6 Å². The van der Waals surface area contributed by atoms with E-state index in [4.69, 9.17) is 5.73 Å². The van der Waals surface area contributed by atoms with Gasteiger partial charge >= 0.3 is 6.03 Å². The Labute approximate surface area is 125 Å². The number of carbonyl (C=O) groups is 3. The number of hydrogen-bond acceptors (Lipinski definition) is 4. The van der Waals surface area contributed by atoms with Gasteiger partial charge in [0.1, 0.15) is 6.04 Å². The van der Waals surface area contributed by atoms with Gasteiger partial charge in [0.25, 0.3) is 0 Å². The smallest absolute Gasteiger partial charge is 0.312 e. The molecule has 8 heteroatoms. The normalized spacial score (nSPS) is 13.4. The van der Waals surface area contributed by atoms with Crippen LogP contribution in [0.1, 0.15) is 26.7 Å². The van der Waals surface area contributed by atoms with Crippen LogP contribution in [0.2, 0.25) is 0 Å². The van der Waals surface area contributed by atoms with Crippen LogP contribution >= 0.6 is 0 Å². The third-order valence-corrected chi connectivity index (χ3v) is 3.11. The Kier molecular flexibility index (Phi) is 9.11. The van der Waals surface area contributed by atoms with Gasteiger partial charge in [0.05, 0.1) is 6.04 Å². The van der Waals surface area contributed by atoms with Crippen molar-refractivity contribution < 1.29 is 14.4 Å². The SMILES string of the molecule is CNC(=O)C(CCCNC(N)=O)NC(=O)[C@@H](NC)C(C)C. The summed E-state index contributed by atoms with van der Waals surface area (Å²) in [5.74, 6) is -0.373. The number of amides is 4. The van der Waals surface area contributed by atoms with Gasteiger partial charge in [-0.05, 0) is 25.8 Å². The first-order chi connectivity index (χ1) is 9.83. The van der Waals surface area contributed by atoms with E-state index in [-0.39, 0.29) is 23.8 Å². The summed E-state index contributed by atoms with van der Waals surface area (Å²) < 4.78 is 0. The van der Waals surface area contributed by atoms with E-state index >= 15 is 0 Å². The van der Waals surface area contributed by atoms with Gasteiger partial charge in [-0.15, -0.1) is 0 Å². The van der Waals surface area contributed by atoms with Crippen molar-refractivity contribution in [3.63, 3.8) is 0 Å². The van der Waals surface area contributed by atoms with E-state index in [0.29, 0.717) is 19.4 Å². The van der Waals surface area contributed by atoms with E-state index in [1.165, 1.54) is 7.05 Å². The van der Waals surface area contributed by atoms with Crippen molar-refractivity contribution >= 4 is 17.8 Å². The predicted molar refractivity (Wildman–Crippen MR) is 80.5 cm³/mol.